The van der Waals surface area contributed by atoms with Crippen LogP contribution in [0.15, 0.2) is 60.8 Å². The van der Waals surface area contributed by atoms with Gasteiger partial charge in [-0.1, -0.05) is 48.5 Å². The number of aromatic amines is 1. The zero-order valence-corrected chi connectivity index (χ0v) is 11.2. The molecule has 3 heteroatoms. The molecule has 0 aliphatic heterocycles. The van der Waals surface area contributed by atoms with Gasteiger partial charge in [0.25, 0.3) is 0 Å². The molecule has 0 saturated heterocycles. The van der Waals surface area contributed by atoms with Crippen molar-refractivity contribution in [3.63, 3.8) is 0 Å². The Labute approximate surface area is 118 Å². The van der Waals surface area contributed by atoms with Crippen molar-refractivity contribution >= 4 is 10.9 Å². The van der Waals surface area contributed by atoms with E-state index in [1.165, 1.54) is 0 Å². The van der Waals surface area contributed by atoms with Crippen molar-refractivity contribution in [3.8, 4) is 0 Å². The molecule has 20 heavy (non-hydrogen) atoms. The van der Waals surface area contributed by atoms with Gasteiger partial charge in [-0.25, -0.2) is 0 Å². The van der Waals surface area contributed by atoms with Gasteiger partial charge in [-0.15, -0.1) is 0 Å². The number of aliphatic hydroxyl groups is 1. The molecular weight excluding hydrogens is 248 g/mol. The van der Waals surface area contributed by atoms with E-state index in [9.17, 15) is 5.11 Å². The minimum Gasteiger partial charge on any atom is -0.380 e. The van der Waals surface area contributed by atoms with Crippen molar-refractivity contribution in [2.75, 3.05) is 6.54 Å². The maximum atomic E-state index is 11.2. The van der Waals surface area contributed by atoms with Gasteiger partial charge in [-0.3, -0.25) is 0 Å². The van der Waals surface area contributed by atoms with E-state index in [4.69, 9.17) is 5.73 Å². The van der Waals surface area contributed by atoms with Crippen LogP contribution < -0.4 is 5.73 Å². The lowest BCUT2D eigenvalue weighted by Crippen LogP contribution is -2.30. The maximum absolute atomic E-state index is 11.2. The minimum absolute atomic E-state index is 0.422. The molecule has 1 atom stereocenters. The second-order valence-corrected chi connectivity index (χ2v) is 5.01. The molecule has 4 N–H and O–H groups in total. The first-order valence-electron chi connectivity index (χ1n) is 6.80. The lowest BCUT2D eigenvalue weighted by molar-refractivity contribution is 0.0753. The summed E-state index contributed by atoms with van der Waals surface area (Å²) >= 11 is 0. The summed E-state index contributed by atoms with van der Waals surface area (Å²) in [5.41, 5.74) is 7.44. The quantitative estimate of drug-likeness (QED) is 0.680. The van der Waals surface area contributed by atoms with Crippen molar-refractivity contribution in [2.45, 2.75) is 12.0 Å². The molecular formula is C17H18N2O. The Bertz CT molecular complexity index is 705. The number of hydrogen-bond acceptors (Lipinski definition) is 2. The molecule has 2 aromatic carbocycles. The number of para-hydroxylation sites is 1. The van der Waals surface area contributed by atoms with Crippen molar-refractivity contribution in [2.24, 2.45) is 5.73 Å². The summed E-state index contributed by atoms with van der Waals surface area (Å²) in [6.45, 7) is 0.422. The molecule has 3 nitrogen and oxygen atoms in total. The van der Waals surface area contributed by atoms with Gasteiger partial charge in [-0.2, -0.15) is 0 Å². The number of nitrogens with two attached hydrogens (primary N) is 1. The molecule has 0 saturated carbocycles. The fourth-order valence-corrected chi connectivity index (χ4v) is 2.77. The highest BCUT2D eigenvalue weighted by Crippen LogP contribution is 2.36. The smallest absolute Gasteiger partial charge is 0.118 e. The van der Waals surface area contributed by atoms with Crippen molar-refractivity contribution in [1.29, 1.82) is 0 Å². The number of H-pyrrole nitrogens is 1. The number of hydrogen-bond donors (Lipinski definition) is 3. The Morgan fingerprint density at radius 1 is 1.00 bits per heavy atom. The third-order valence-electron chi connectivity index (χ3n) is 3.79. The number of fused-ring (bicyclic) bond motifs is 1. The van der Waals surface area contributed by atoms with Crippen LogP contribution in [-0.4, -0.2) is 16.6 Å². The van der Waals surface area contributed by atoms with Gasteiger partial charge in [0.2, 0.25) is 0 Å². The molecule has 0 radical (unpaired) electrons. The lowest BCUT2D eigenvalue weighted by Gasteiger charge is -2.28. The van der Waals surface area contributed by atoms with Crippen LogP contribution in [0.4, 0.5) is 0 Å². The fourth-order valence-electron chi connectivity index (χ4n) is 2.77. The van der Waals surface area contributed by atoms with E-state index in [1.54, 1.807) is 0 Å². The maximum Gasteiger partial charge on any atom is 0.118 e. The van der Waals surface area contributed by atoms with Crippen LogP contribution in [0.1, 0.15) is 17.5 Å². The van der Waals surface area contributed by atoms with E-state index in [-0.39, 0.29) is 0 Å². The molecule has 0 amide bonds. The zero-order chi connectivity index (χ0) is 14.0. The van der Waals surface area contributed by atoms with Crippen LogP contribution in [-0.2, 0) is 5.60 Å². The summed E-state index contributed by atoms with van der Waals surface area (Å²) in [6.07, 6.45) is 2.37. The first kappa shape index (κ1) is 12.9. The summed E-state index contributed by atoms with van der Waals surface area (Å²) < 4.78 is 0. The number of nitrogens with one attached hydrogen (secondary N) is 1. The van der Waals surface area contributed by atoms with Crippen LogP contribution in [0.3, 0.4) is 0 Å². The highest BCUT2D eigenvalue weighted by molar-refractivity contribution is 5.84. The third kappa shape index (κ3) is 2.01. The Morgan fingerprint density at radius 2 is 1.70 bits per heavy atom. The third-order valence-corrected chi connectivity index (χ3v) is 3.79. The van der Waals surface area contributed by atoms with Gasteiger partial charge in [-0.05, 0) is 24.6 Å². The van der Waals surface area contributed by atoms with Crippen molar-refractivity contribution in [3.05, 3.63) is 71.9 Å². The largest absolute Gasteiger partial charge is 0.380 e. The summed E-state index contributed by atoms with van der Waals surface area (Å²) in [6, 6.07) is 17.7. The monoisotopic (exact) mass is 266 g/mol. The second-order valence-electron chi connectivity index (χ2n) is 5.01. The second kappa shape index (κ2) is 5.12. The molecule has 1 aromatic heterocycles. The van der Waals surface area contributed by atoms with E-state index in [2.05, 4.69) is 4.98 Å². The van der Waals surface area contributed by atoms with Crippen LogP contribution in [0.5, 0.6) is 0 Å². The minimum atomic E-state index is -1.06. The molecule has 1 unspecified atom stereocenters. The van der Waals surface area contributed by atoms with Gasteiger partial charge in [0.05, 0.1) is 0 Å². The fraction of sp³-hybridized carbons (Fsp3) is 0.176. The van der Waals surface area contributed by atoms with Crippen LogP contribution >= 0.6 is 0 Å². The molecule has 0 spiro atoms. The predicted octanol–water partition coefficient (Wildman–Crippen LogP) is 2.75. The number of rotatable bonds is 4. The normalized spacial score (nSPS) is 14.3. The number of benzene rings is 2. The Balaban J connectivity index is 2.20. The van der Waals surface area contributed by atoms with Crippen molar-refractivity contribution in [1.82, 2.24) is 4.98 Å². The van der Waals surface area contributed by atoms with E-state index < -0.39 is 5.60 Å². The number of aromatic nitrogens is 1. The Morgan fingerprint density at radius 3 is 2.45 bits per heavy atom. The molecule has 0 fully saturated rings. The van der Waals surface area contributed by atoms with Gasteiger partial charge < -0.3 is 15.8 Å². The molecule has 0 bridgehead atoms. The molecule has 102 valence electrons. The zero-order valence-electron chi connectivity index (χ0n) is 11.2. The molecule has 1 heterocycles. The van der Waals surface area contributed by atoms with Gasteiger partial charge in [0.15, 0.2) is 0 Å². The molecule has 3 rings (SSSR count). The Hall–Kier alpha value is -2.10. The van der Waals surface area contributed by atoms with Gasteiger partial charge in [0, 0.05) is 22.7 Å². The first-order chi connectivity index (χ1) is 9.75. The van der Waals surface area contributed by atoms with Gasteiger partial charge in [0.1, 0.15) is 5.60 Å². The first-order valence-corrected chi connectivity index (χ1v) is 6.80. The van der Waals surface area contributed by atoms with Crippen LogP contribution in [0.25, 0.3) is 10.9 Å². The lowest BCUT2D eigenvalue weighted by atomic mass is 9.83. The highest BCUT2D eigenvalue weighted by atomic mass is 16.3. The standard InChI is InChI=1S/C17H18N2O/c18-11-10-17(20,13-6-2-1-3-7-13)15-12-19-16-9-5-4-8-14(15)16/h1-9,12,19-20H,10-11,18H2. The average molecular weight is 266 g/mol. The van der Waals surface area contributed by atoms with E-state index in [0.29, 0.717) is 13.0 Å². The predicted molar refractivity (Wildman–Crippen MR) is 81.4 cm³/mol. The molecule has 3 aromatic rings. The van der Waals surface area contributed by atoms with E-state index >= 15 is 0 Å². The SMILES string of the molecule is NCCC(O)(c1ccccc1)c1c[nH]c2ccccc12. The summed E-state index contributed by atoms with van der Waals surface area (Å²) in [5.74, 6) is 0. The summed E-state index contributed by atoms with van der Waals surface area (Å²) in [5, 5.41) is 12.3. The van der Waals surface area contributed by atoms with Crippen LogP contribution in [0, 0.1) is 0 Å². The van der Waals surface area contributed by atoms with E-state index in [1.807, 2.05) is 60.8 Å². The molecule has 0 aliphatic carbocycles. The molecule has 0 aliphatic rings. The van der Waals surface area contributed by atoms with Crippen molar-refractivity contribution < 1.29 is 5.11 Å². The summed E-state index contributed by atoms with van der Waals surface area (Å²) in [7, 11) is 0. The topological polar surface area (TPSA) is 62.0 Å². The van der Waals surface area contributed by atoms with E-state index in [0.717, 1.165) is 22.0 Å². The Kier molecular flexibility index (Phi) is 3.30. The van der Waals surface area contributed by atoms with Gasteiger partial charge >= 0.3 is 0 Å². The average Bonchev–Trinajstić information content (AvgIpc) is 2.93. The van der Waals surface area contributed by atoms with Crippen LogP contribution in [0.2, 0.25) is 0 Å². The summed E-state index contributed by atoms with van der Waals surface area (Å²) in [4.78, 5) is 3.22. The highest BCUT2D eigenvalue weighted by Gasteiger charge is 2.32.